The fourth-order valence-corrected chi connectivity index (χ4v) is 11.9. The van der Waals surface area contributed by atoms with Gasteiger partial charge in [-0.3, -0.25) is 0 Å². The highest BCUT2D eigenvalue weighted by molar-refractivity contribution is 5.53. The first-order chi connectivity index (χ1) is 37.6. The Morgan fingerprint density at radius 1 is 0.329 bits per heavy atom. The molecule has 2 unspecified atom stereocenters. The summed E-state index contributed by atoms with van der Waals surface area (Å²) in [5.74, 6) is 2.41. The van der Waals surface area contributed by atoms with Gasteiger partial charge >= 0.3 is 0 Å². The molecule has 0 saturated heterocycles. The van der Waals surface area contributed by atoms with E-state index in [2.05, 4.69) is 27.7 Å². The minimum atomic E-state index is -0.0434. The van der Waals surface area contributed by atoms with Gasteiger partial charge in [0.25, 0.3) is 0 Å². The van der Waals surface area contributed by atoms with E-state index in [-0.39, 0.29) is 24.2 Å². The van der Waals surface area contributed by atoms with Crippen molar-refractivity contribution >= 4 is 0 Å². The van der Waals surface area contributed by atoms with Crippen LogP contribution in [0.2, 0.25) is 0 Å². The third kappa shape index (κ3) is 39.8. The summed E-state index contributed by atoms with van der Waals surface area (Å²) >= 11 is 0. The number of unbranched alkanes of at least 4 members (excludes halogenated alkanes) is 45. The van der Waals surface area contributed by atoms with Gasteiger partial charge in [-0.1, -0.05) is 310 Å². The monoisotopic (exact) mass is 1070 g/mol. The van der Waals surface area contributed by atoms with Crippen molar-refractivity contribution in [1.29, 1.82) is 0 Å². The maximum absolute atomic E-state index is 6.96. The summed E-state index contributed by atoms with van der Waals surface area (Å²) in [7, 11) is 3.43. The first-order valence-corrected chi connectivity index (χ1v) is 34.3. The quantitative estimate of drug-likeness (QED) is 0.0606. The van der Waals surface area contributed by atoms with Crippen LogP contribution in [0.1, 0.15) is 347 Å². The summed E-state index contributed by atoms with van der Waals surface area (Å²) < 4.78 is 39.1. The average Bonchev–Trinajstić information content (AvgIpc) is 3.43. The molecule has 0 heterocycles. The van der Waals surface area contributed by atoms with E-state index in [0.717, 1.165) is 69.0 Å². The highest BCUT2D eigenvalue weighted by Crippen LogP contribution is 2.40. The van der Waals surface area contributed by atoms with E-state index < -0.39 is 0 Å². The van der Waals surface area contributed by atoms with Crippen molar-refractivity contribution < 1.29 is 28.4 Å². The second kappa shape index (κ2) is 54.1. The second-order valence-corrected chi connectivity index (χ2v) is 24.2. The number of hydrogen-bond acceptors (Lipinski definition) is 6. The normalized spacial score (nSPS) is 16.7. The molecule has 0 aromatic heterocycles. The van der Waals surface area contributed by atoms with E-state index in [1.54, 1.807) is 14.2 Å². The van der Waals surface area contributed by atoms with Gasteiger partial charge in [0.15, 0.2) is 11.5 Å². The predicted octanol–water partition coefficient (Wildman–Crippen LogP) is 22.7. The Labute approximate surface area is 474 Å². The maximum Gasteiger partial charge on any atom is 0.203 e. The summed E-state index contributed by atoms with van der Waals surface area (Å²) in [6.07, 6.45) is 67.9. The van der Waals surface area contributed by atoms with E-state index in [0.29, 0.717) is 12.4 Å². The third-order valence-electron chi connectivity index (χ3n) is 16.9. The van der Waals surface area contributed by atoms with Crippen molar-refractivity contribution in [3.63, 3.8) is 0 Å². The first kappa shape index (κ1) is 70.6. The molecular weight excluding hydrogens is 937 g/mol. The van der Waals surface area contributed by atoms with E-state index in [1.165, 1.54) is 289 Å². The minimum Gasteiger partial charge on any atom is -0.493 e. The summed E-state index contributed by atoms with van der Waals surface area (Å²) in [6, 6.07) is 4.07. The van der Waals surface area contributed by atoms with Crippen molar-refractivity contribution in [1.82, 2.24) is 0 Å². The summed E-state index contributed by atoms with van der Waals surface area (Å²) in [4.78, 5) is 0. The van der Waals surface area contributed by atoms with Crippen LogP contribution in [-0.4, -0.2) is 59.0 Å². The molecule has 2 rings (SSSR count). The fourth-order valence-electron chi connectivity index (χ4n) is 11.9. The van der Waals surface area contributed by atoms with Gasteiger partial charge in [0.1, 0.15) is 6.10 Å². The SMILES string of the molecule is CCCCCCCCCCCCCCCCCCOC1CC(COc2c(OC)cc(C)cc2OC)CC(OCCCCCCCCCCCCCCCCCC)C1OCCCCCCCCCCCCCCCCCC. The Kier molecular flexibility index (Phi) is 50.3. The number of hydrogen-bond donors (Lipinski definition) is 0. The van der Waals surface area contributed by atoms with Crippen LogP contribution in [0.15, 0.2) is 12.1 Å². The molecule has 76 heavy (non-hydrogen) atoms. The second-order valence-electron chi connectivity index (χ2n) is 24.2. The lowest BCUT2D eigenvalue weighted by atomic mass is 9.83. The van der Waals surface area contributed by atoms with E-state index in [4.69, 9.17) is 28.4 Å². The first-order valence-electron chi connectivity index (χ1n) is 34.3. The molecule has 1 aromatic carbocycles. The van der Waals surface area contributed by atoms with Crippen LogP contribution < -0.4 is 14.2 Å². The molecule has 0 radical (unpaired) electrons. The molecule has 1 aromatic rings. The van der Waals surface area contributed by atoms with Crippen LogP contribution in [-0.2, 0) is 14.2 Å². The lowest BCUT2D eigenvalue weighted by Gasteiger charge is -2.41. The highest BCUT2D eigenvalue weighted by Gasteiger charge is 2.40. The zero-order valence-corrected chi connectivity index (χ0v) is 52.1. The standard InChI is InChI=1S/C70H132O6/c1-7-10-13-16-19-22-25-28-31-34-37-40-43-46-49-52-55-73-67-60-64(62-76-69-65(71-5)58-63(4)59-66(69)72-6)61-68(74-56-53-50-47-44-41-38-35-32-29-26-23-20-17-14-11-8-2)70(67)75-57-54-51-48-45-42-39-36-33-30-27-24-21-18-15-12-9-3/h58-59,64,67-68,70H,7-57,60-62H2,1-6H3. The molecule has 1 saturated carbocycles. The molecule has 0 N–H and O–H groups in total. The van der Waals surface area contributed by atoms with Crippen LogP contribution in [0.4, 0.5) is 0 Å². The molecule has 1 aliphatic rings. The minimum absolute atomic E-state index is 0.00245. The highest BCUT2D eigenvalue weighted by atomic mass is 16.6. The molecular formula is C70H132O6. The number of benzene rings is 1. The summed E-state index contributed by atoms with van der Waals surface area (Å²) in [5, 5.41) is 0. The van der Waals surface area contributed by atoms with Crippen molar-refractivity contribution in [3.05, 3.63) is 17.7 Å². The molecule has 448 valence electrons. The van der Waals surface area contributed by atoms with Gasteiger partial charge in [0.05, 0.1) is 33.0 Å². The maximum atomic E-state index is 6.96. The summed E-state index contributed by atoms with van der Waals surface area (Å²) in [5.41, 5.74) is 1.09. The largest absolute Gasteiger partial charge is 0.493 e. The van der Waals surface area contributed by atoms with Crippen molar-refractivity contribution in [2.24, 2.45) is 5.92 Å². The Hall–Kier alpha value is -1.50. The van der Waals surface area contributed by atoms with E-state index in [1.807, 2.05) is 12.1 Å². The number of rotatable bonds is 59. The van der Waals surface area contributed by atoms with Gasteiger partial charge in [-0.25, -0.2) is 0 Å². The van der Waals surface area contributed by atoms with Crippen molar-refractivity contribution in [2.45, 2.75) is 367 Å². The summed E-state index contributed by atoms with van der Waals surface area (Å²) in [6.45, 7) is 11.9. The zero-order chi connectivity index (χ0) is 54.5. The lowest BCUT2D eigenvalue weighted by Crippen LogP contribution is -2.50. The van der Waals surface area contributed by atoms with Crippen LogP contribution in [0.25, 0.3) is 0 Å². The van der Waals surface area contributed by atoms with Crippen LogP contribution >= 0.6 is 0 Å². The van der Waals surface area contributed by atoms with E-state index in [9.17, 15) is 0 Å². The van der Waals surface area contributed by atoms with Gasteiger partial charge in [0.2, 0.25) is 5.75 Å². The third-order valence-corrected chi connectivity index (χ3v) is 16.9. The van der Waals surface area contributed by atoms with Gasteiger partial charge < -0.3 is 28.4 Å². The van der Waals surface area contributed by atoms with Crippen LogP contribution in [0, 0.1) is 12.8 Å². The lowest BCUT2D eigenvalue weighted by molar-refractivity contribution is -0.172. The van der Waals surface area contributed by atoms with Crippen molar-refractivity contribution in [3.8, 4) is 17.2 Å². The van der Waals surface area contributed by atoms with Gasteiger partial charge in [-0.15, -0.1) is 0 Å². The smallest absolute Gasteiger partial charge is 0.203 e. The average molecular weight is 1070 g/mol. The predicted molar refractivity (Wildman–Crippen MR) is 330 cm³/mol. The molecule has 2 atom stereocenters. The van der Waals surface area contributed by atoms with Gasteiger partial charge in [-0.2, -0.15) is 0 Å². The molecule has 0 amide bonds. The van der Waals surface area contributed by atoms with Gasteiger partial charge in [-0.05, 0) is 62.6 Å². The van der Waals surface area contributed by atoms with Gasteiger partial charge in [0, 0.05) is 19.8 Å². The Balaban J connectivity index is 1.90. The molecule has 0 aliphatic heterocycles. The molecule has 6 nitrogen and oxygen atoms in total. The molecule has 6 heteroatoms. The fraction of sp³-hybridized carbons (Fsp3) is 0.914. The molecule has 1 aliphatic carbocycles. The Morgan fingerprint density at radius 2 is 0.566 bits per heavy atom. The van der Waals surface area contributed by atoms with E-state index >= 15 is 0 Å². The zero-order valence-electron chi connectivity index (χ0n) is 52.1. The number of methoxy groups -OCH3 is 2. The number of ether oxygens (including phenoxy) is 6. The molecule has 0 bridgehead atoms. The molecule has 0 spiro atoms. The Bertz CT molecular complexity index is 1260. The number of aryl methyl sites for hydroxylation is 1. The van der Waals surface area contributed by atoms with Crippen LogP contribution in [0.3, 0.4) is 0 Å². The Morgan fingerprint density at radius 3 is 0.816 bits per heavy atom. The van der Waals surface area contributed by atoms with Crippen LogP contribution in [0.5, 0.6) is 17.2 Å². The molecule has 1 fully saturated rings. The topological polar surface area (TPSA) is 55.4 Å². The van der Waals surface area contributed by atoms with Crippen molar-refractivity contribution in [2.75, 3.05) is 40.6 Å².